The topological polar surface area (TPSA) is 55.1 Å². The molecule has 0 saturated heterocycles. The molecule has 1 N–H and O–H groups in total. The number of rotatable bonds is 4. The highest BCUT2D eigenvalue weighted by atomic mass is 35.5. The molecule has 0 fully saturated rings. The zero-order valence-electron chi connectivity index (χ0n) is 16.5. The van der Waals surface area contributed by atoms with Crippen LogP contribution in [0.15, 0.2) is 70.1 Å². The number of nitrogens with one attached hydrogen (secondary N) is 1. The number of aromatic nitrogens is 1. The molecule has 0 saturated carbocycles. The molecule has 0 radical (unpaired) electrons. The van der Waals surface area contributed by atoms with Crippen LogP contribution >= 0.6 is 11.6 Å². The van der Waals surface area contributed by atoms with Crippen molar-refractivity contribution in [2.24, 2.45) is 0 Å². The van der Waals surface area contributed by atoms with Crippen LogP contribution in [-0.2, 0) is 0 Å². The fourth-order valence-corrected chi connectivity index (χ4v) is 3.71. The van der Waals surface area contributed by atoms with Crippen molar-refractivity contribution in [1.29, 1.82) is 0 Å². The van der Waals surface area contributed by atoms with Crippen LogP contribution in [0, 0.1) is 13.8 Å². The van der Waals surface area contributed by atoms with E-state index in [-0.39, 0.29) is 11.5 Å². The number of fused-ring (bicyclic) bond motifs is 1. The minimum absolute atomic E-state index is 0.0123. The van der Waals surface area contributed by atoms with Gasteiger partial charge in [0, 0.05) is 22.9 Å². The van der Waals surface area contributed by atoms with E-state index in [0.717, 1.165) is 22.4 Å². The minimum Gasteiger partial charge on any atom is -0.455 e. The maximum Gasteiger partial charge on any atom is 0.196 e. The normalized spacial score (nSPS) is 12.1. The molecule has 146 valence electrons. The lowest BCUT2D eigenvalue weighted by molar-refractivity contribution is 0.605. The Bertz CT molecular complexity index is 1250. The van der Waals surface area contributed by atoms with Gasteiger partial charge in [0.2, 0.25) is 0 Å². The molecule has 0 aliphatic carbocycles. The van der Waals surface area contributed by atoms with Crippen LogP contribution in [0.1, 0.15) is 29.7 Å². The molecule has 29 heavy (non-hydrogen) atoms. The predicted octanol–water partition coefficient (Wildman–Crippen LogP) is 6.30. The summed E-state index contributed by atoms with van der Waals surface area (Å²) >= 11 is 6.28. The van der Waals surface area contributed by atoms with Crippen molar-refractivity contribution in [1.82, 2.24) is 4.98 Å². The van der Waals surface area contributed by atoms with Gasteiger partial charge >= 0.3 is 0 Å². The molecule has 0 bridgehead atoms. The Morgan fingerprint density at radius 2 is 1.86 bits per heavy atom. The Balaban J connectivity index is 1.91. The smallest absolute Gasteiger partial charge is 0.196 e. The summed E-state index contributed by atoms with van der Waals surface area (Å²) in [6.45, 7) is 5.80. The van der Waals surface area contributed by atoms with E-state index < -0.39 is 0 Å². The van der Waals surface area contributed by atoms with E-state index in [2.05, 4.69) is 10.3 Å². The number of nitrogens with zero attached hydrogens (tertiary/aromatic N) is 1. The van der Waals surface area contributed by atoms with Crippen molar-refractivity contribution in [2.45, 2.75) is 26.8 Å². The van der Waals surface area contributed by atoms with Crippen molar-refractivity contribution in [2.75, 3.05) is 5.32 Å². The second-order valence-electron chi connectivity index (χ2n) is 7.20. The highest BCUT2D eigenvalue weighted by molar-refractivity contribution is 6.33. The number of halogens is 1. The summed E-state index contributed by atoms with van der Waals surface area (Å²) in [5.41, 5.74) is 4.69. The third-order valence-corrected chi connectivity index (χ3v) is 5.36. The van der Waals surface area contributed by atoms with Gasteiger partial charge in [-0.25, -0.2) is 0 Å². The maximum absolute atomic E-state index is 13.2. The van der Waals surface area contributed by atoms with Crippen LogP contribution in [0.25, 0.3) is 22.3 Å². The summed E-state index contributed by atoms with van der Waals surface area (Å²) in [6, 6.07) is 15.2. The summed E-state index contributed by atoms with van der Waals surface area (Å²) in [7, 11) is 0. The predicted molar refractivity (Wildman–Crippen MR) is 119 cm³/mol. The Hall–Kier alpha value is -3.11. The number of hydrogen-bond donors (Lipinski definition) is 1. The first-order valence-electron chi connectivity index (χ1n) is 9.45. The second kappa shape index (κ2) is 7.72. The van der Waals surface area contributed by atoms with Crippen LogP contribution in [-0.4, -0.2) is 4.98 Å². The summed E-state index contributed by atoms with van der Waals surface area (Å²) < 4.78 is 6.35. The van der Waals surface area contributed by atoms with Crippen molar-refractivity contribution < 1.29 is 4.42 Å². The lowest BCUT2D eigenvalue weighted by Gasteiger charge is -2.19. The summed E-state index contributed by atoms with van der Waals surface area (Å²) in [4.78, 5) is 17.3. The van der Waals surface area contributed by atoms with Crippen molar-refractivity contribution in [3.8, 4) is 11.3 Å². The van der Waals surface area contributed by atoms with E-state index in [1.54, 1.807) is 18.5 Å². The van der Waals surface area contributed by atoms with Crippen LogP contribution < -0.4 is 10.7 Å². The Morgan fingerprint density at radius 3 is 2.59 bits per heavy atom. The van der Waals surface area contributed by atoms with Gasteiger partial charge in [-0.1, -0.05) is 48.0 Å². The number of benzene rings is 2. The number of anilines is 1. The molecule has 4 nitrogen and oxygen atoms in total. The Labute approximate surface area is 174 Å². The van der Waals surface area contributed by atoms with Gasteiger partial charge in [-0.3, -0.25) is 9.78 Å². The molecule has 1 unspecified atom stereocenters. The molecular formula is C24H21ClN2O2. The van der Waals surface area contributed by atoms with E-state index in [1.165, 1.54) is 0 Å². The first kappa shape index (κ1) is 19.2. The molecule has 2 heterocycles. The third kappa shape index (κ3) is 3.64. The largest absolute Gasteiger partial charge is 0.455 e. The zero-order valence-corrected chi connectivity index (χ0v) is 17.2. The molecule has 4 aromatic rings. The van der Waals surface area contributed by atoms with E-state index >= 15 is 0 Å². The van der Waals surface area contributed by atoms with Gasteiger partial charge in [0.1, 0.15) is 11.3 Å². The van der Waals surface area contributed by atoms with Gasteiger partial charge in [-0.2, -0.15) is 0 Å². The lowest BCUT2D eigenvalue weighted by Crippen LogP contribution is -2.12. The van der Waals surface area contributed by atoms with Crippen LogP contribution in [0.2, 0.25) is 5.02 Å². The van der Waals surface area contributed by atoms with Gasteiger partial charge in [-0.15, -0.1) is 0 Å². The molecule has 0 spiro atoms. The van der Waals surface area contributed by atoms with Crippen LogP contribution in [0.4, 0.5) is 5.69 Å². The molecule has 2 aromatic heterocycles. The van der Waals surface area contributed by atoms with Gasteiger partial charge in [0.25, 0.3) is 0 Å². The molecule has 1 atom stereocenters. The fraction of sp³-hybridized carbons (Fsp3) is 0.167. The standard InChI is InChI=1S/C24H21ClN2O2/c1-14-11-18(16(3)27-21-13-26-10-9-20(21)25)24-19(12-14)22(28)15(2)23(29-24)17-7-5-4-6-8-17/h4-13,16,27H,1-3H3. The molecular weight excluding hydrogens is 384 g/mol. The average molecular weight is 405 g/mol. The molecule has 0 aliphatic rings. The van der Waals surface area contributed by atoms with Gasteiger partial charge in [0.05, 0.1) is 28.3 Å². The van der Waals surface area contributed by atoms with E-state index in [9.17, 15) is 4.79 Å². The molecule has 5 heteroatoms. The third-order valence-electron chi connectivity index (χ3n) is 5.03. The van der Waals surface area contributed by atoms with Crippen LogP contribution in [0.5, 0.6) is 0 Å². The van der Waals surface area contributed by atoms with Gasteiger partial charge in [0.15, 0.2) is 5.43 Å². The molecule has 0 aliphatic heterocycles. The maximum atomic E-state index is 13.2. The molecule has 4 rings (SSSR count). The van der Waals surface area contributed by atoms with Gasteiger partial charge in [-0.05, 0) is 38.5 Å². The van der Waals surface area contributed by atoms with Crippen molar-refractivity contribution in [3.05, 3.63) is 92.9 Å². The first-order valence-corrected chi connectivity index (χ1v) is 9.83. The zero-order chi connectivity index (χ0) is 20.5. The van der Waals surface area contributed by atoms with E-state index in [4.69, 9.17) is 16.0 Å². The van der Waals surface area contributed by atoms with Crippen molar-refractivity contribution >= 4 is 28.3 Å². The summed E-state index contributed by atoms with van der Waals surface area (Å²) in [5.74, 6) is 0.597. The van der Waals surface area contributed by atoms with Crippen LogP contribution in [0.3, 0.4) is 0 Å². The second-order valence-corrected chi connectivity index (χ2v) is 7.61. The number of pyridine rings is 1. The summed E-state index contributed by atoms with van der Waals surface area (Å²) in [5, 5.41) is 4.56. The van der Waals surface area contributed by atoms with Gasteiger partial charge < -0.3 is 9.73 Å². The highest BCUT2D eigenvalue weighted by Crippen LogP contribution is 2.33. The number of hydrogen-bond acceptors (Lipinski definition) is 4. The molecule has 0 amide bonds. The minimum atomic E-state index is -0.145. The fourth-order valence-electron chi connectivity index (χ4n) is 3.55. The monoisotopic (exact) mass is 404 g/mol. The quantitative estimate of drug-likeness (QED) is 0.433. The average Bonchev–Trinajstić information content (AvgIpc) is 2.72. The van der Waals surface area contributed by atoms with E-state index in [0.29, 0.717) is 27.3 Å². The van der Waals surface area contributed by atoms with Crippen molar-refractivity contribution in [3.63, 3.8) is 0 Å². The molecule has 2 aromatic carbocycles. The first-order chi connectivity index (χ1) is 14.0. The summed E-state index contributed by atoms with van der Waals surface area (Å²) in [6.07, 6.45) is 3.33. The van der Waals surface area contributed by atoms with E-state index in [1.807, 2.05) is 63.2 Å². The Kier molecular flexibility index (Phi) is 5.12. The highest BCUT2D eigenvalue weighted by Gasteiger charge is 2.19. The lowest BCUT2D eigenvalue weighted by atomic mass is 9.99. The number of aryl methyl sites for hydroxylation is 1. The SMILES string of the molecule is Cc1cc(C(C)Nc2cnccc2Cl)c2oc(-c3ccccc3)c(C)c(=O)c2c1. The Morgan fingerprint density at radius 1 is 1.10 bits per heavy atom.